The average Bonchev–Trinajstić information content (AvgIpc) is 1.61. The number of aliphatic carboxylic acids is 1. The Balaban J connectivity index is 0. The van der Waals surface area contributed by atoms with E-state index >= 15 is 0 Å². The fourth-order valence-electron chi connectivity index (χ4n) is 0.189. The van der Waals surface area contributed by atoms with Crippen molar-refractivity contribution in [2.75, 3.05) is 13.7 Å². The van der Waals surface area contributed by atoms with Gasteiger partial charge in [0.25, 0.3) is 0 Å². The topological polar surface area (TPSA) is 46.5 Å². The summed E-state index contributed by atoms with van der Waals surface area (Å²) >= 11 is 0. The number of methoxy groups -OCH3 is 1. The van der Waals surface area contributed by atoms with Gasteiger partial charge in [-0.1, -0.05) is 0 Å². The van der Waals surface area contributed by atoms with Crippen LogP contribution in [0.2, 0.25) is 0 Å². The number of carboxylic acids is 1. The third-order valence-corrected chi connectivity index (χ3v) is 0.520. The molecular weight excluding hydrogens is 185 g/mol. The maximum Gasteiger partial charge on any atom is 0.305 e. The van der Waals surface area contributed by atoms with Crippen molar-refractivity contribution < 1.29 is 47.3 Å². The molecule has 4 heteroatoms. The molecular formula is C4H8O3Y. The molecule has 1 N–H and O–H groups in total. The van der Waals surface area contributed by atoms with Gasteiger partial charge in [-0.25, -0.2) is 0 Å². The van der Waals surface area contributed by atoms with E-state index in [0.29, 0.717) is 6.61 Å². The number of carbonyl (C=O) groups is 1. The summed E-state index contributed by atoms with van der Waals surface area (Å²) in [4.78, 5) is 9.68. The third kappa shape index (κ3) is 9.73. The predicted octanol–water partition coefficient (Wildman–Crippen LogP) is 0.105. The summed E-state index contributed by atoms with van der Waals surface area (Å²) in [6.07, 6.45) is 0.0938. The molecule has 0 atom stereocenters. The van der Waals surface area contributed by atoms with Gasteiger partial charge in [-0.3, -0.25) is 4.79 Å². The number of rotatable bonds is 3. The summed E-state index contributed by atoms with van der Waals surface area (Å²) in [5.41, 5.74) is 0. The van der Waals surface area contributed by atoms with Crippen molar-refractivity contribution in [2.24, 2.45) is 0 Å². The first kappa shape index (κ1) is 11.3. The quantitative estimate of drug-likeness (QED) is 0.691. The van der Waals surface area contributed by atoms with E-state index in [1.165, 1.54) is 7.11 Å². The smallest absolute Gasteiger partial charge is 0.305 e. The first-order chi connectivity index (χ1) is 3.27. The summed E-state index contributed by atoms with van der Waals surface area (Å²) in [7, 11) is 1.48. The number of hydrogen-bond donors (Lipinski definition) is 1. The molecule has 0 saturated heterocycles. The van der Waals surface area contributed by atoms with Crippen molar-refractivity contribution in [3.05, 3.63) is 0 Å². The van der Waals surface area contributed by atoms with Crippen LogP contribution in [0.3, 0.4) is 0 Å². The molecule has 0 rings (SSSR count). The van der Waals surface area contributed by atoms with E-state index in [-0.39, 0.29) is 39.1 Å². The van der Waals surface area contributed by atoms with Crippen LogP contribution in [-0.4, -0.2) is 24.8 Å². The zero-order valence-electron chi connectivity index (χ0n) is 4.76. The van der Waals surface area contributed by atoms with Crippen LogP contribution in [0.4, 0.5) is 0 Å². The van der Waals surface area contributed by atoms with Crippen molar-refractivity contribution in [3.63, 3.8) is 0 Å². The third-order valence-electron chi connectivity index (χ3n) is 0.520. The van der Waals surface area contributed by atoms with Gasteiger partial charge in [0.1, 0.15) is 0 Å². The van der Waals surface area contributed by atoms with Gasteiger partial charge in [0.15, 0.2) is 0 Å². The summed E-state index contributed by atoms with van der Waals surface area (Å²) in [6, 6.07) is 0. The van der Waals surface area contributed by atoms with Gasteiger partial charge in [-0.05, 0) is 0 Å². The minimum Gasteiger partial charge on any atom is -0.481 e. The van der Waals surface area contributed by atoms with Crippen molar-refractivity contribution in [2.45, 2.75) is 6.42 Å². The predicted molar refractivity (Wildman–Crippen MR) is 24.1 cm³/mol. The largest absolute Gasteiger partial charge is 0.481 e. The number of ether oxygens (including phenoxy) is 1. The van der Waals surface area contributed by atoms with Gasteiger partial charge in [0.05, 0.1) is 13.0 Å². The van der Waals surface area contributed by atoms with E-state index in [9.17, 15) is 4.79 Å². The summed E-state index contributed by atoms with van der Waals surface area (Å²) < 4.78 is 4.47. The Morgan fingerprint density at radius 1 is 1.75 bits per heavy atom. The summed E-state index contributed by atoms with van der Waals surface area (Å²) in [6.45, 7) is 0.301. The standard InChI is InChI=1S/C4H8O3.Y/c1-7-3-2-4(5)6;/h2-3H2,1H3,(H,5,6);. The average molecular weight is 193 g/mol. The van der Waals surface area contributed by atoms with Crippen molar-refractivity contribution in [1.29, 1.82) is 0 Å². The van der Waals surface area contributed by atoms with Crippen molar-refractivity contribution in [1.82, 2.24) is 0 Å². The monoisotopic (exact) mass is 193 g/mol. The molecule has 45 valence electrons. The Bertz CT molecular complexity index is 64.3. The molecule has 1 radical (unpaired) electrons. The van der Waals surface area contributed by atoms with E-state index in [0.717, 1.165) is 0 Å². The summed E-state index contributed by atoms with van der Waals surface area (Å²) in [5, 5.41) is 7.96. The molecule has 0 fully saturated rings. The molecule has 8 heavy (non-hydrogen) atoms. The fraction of sp³-hybridized carbons (Fsp3) is 0.750. The Morgan fingerprint density at radius 2 is 2.25 bits per heavy atom. The molecule has 0 aliphatic rings. The second kappa shape index (κ2) is 7.53. The molecule has 0 bridgehead atoms. The molecule has 0 amide bonds. The van der Waals surface area contributed by atoms with Crippen LogP contribution in [0, 0.1) is 0 Å². The van der Waals surface area contributed by atoms with Crippen LogP contribution in [0.1, 0.15) is 6.42 Å². The van der Waals surface area contributed by atoms with Gasteiger partial charge < -0.3 is 9.84 Å². The number of carboxylic acid groups (broad SMARTS) is 1. The van der Waals surface area contributed by atoms with Crippen LogP contribution in [-0.2, 0) is 42.2 Å². The van der Waals surface area contributed by atoms with Gasteiger partial charge in [-0.15, -0.1) is 0 Å². The first-order valence-corrected chi connectivity index (χ1v) is 1.98. The SMILES string of the molecule is COCCC(=O)O.[Y]. The van der Waals surface area contributed by atoms with Crippen LogP contribution in [0.5, 0.6) is 0 Å². The van der Waals surface area contributed by atoms with Crippen LogP contribution < -0.4 is 0 Å². The maximum absolute atomic E-state index is 9.68. The minimum atomic E-state index is -0.818. The molecule has 0 aromatic rings. The molecule has 0 aromatic carbocycles. The first-order valence-electron chi connectivity index (χ1n) is 1.98. The zero-order valence-corrected chi connectivity index (χ0v) is 7.59. The second-order valence-electron chi connectivity index (χ2n) is 1.14. The zero-order chi connectivity index (χ0) is 5.70. The van der Waals surface area contributed by atoms with E-state index in [1.807, 2.05) is 0 Å². The Morgan fingerprint density at radius 3 is 2.38 bits per heavy atom. The van der Waals surface area contributed by atoms with E-state index in [2.05, 4.69) is 4.74 Å². The van der Waals surface area contributed by atoms with Crippen LogP contribution >= 0.6 is 0 Å². The van der Waals surface area contributed by atoms with E-state index in [4.69, 9.17) is 5.11 Å². The minimum absolute atomic E-state index is 0. The van der Waals surface area contributed by atoms with E-state index < -0.39 is 5.97 Å². The normalized spacial score (nSPS) is 7.62. The molecule has 0 aliphatic carbocycles. The maximum atomic E-state index is 9.68. The van der Waals surface area contributed by atoms with Gasteiger partial charge in [0, 0.05) is 39.8 Å². The van der Waals surface area contributed by atoms with Gasteiger partial charge in [0.2, 0.25) is 0 Å². The van der Waals surface area contributed by atoms with Gasteiger partial charge in [-0.2, -0.15) is 0 Å². The molecule has 0 saturated carbocycles. The van der Waals surface area contributed by atoms with Gasteiger partial charge >= 0.3 is 5.97 Å². The molecule has 0 aromatic heterocycles. The Labute approximate surface area is 73.3 Å². The van der Waals surface area contributed by atoms with Crippen LogP contribution in [0.25, 0.3) is 0 Å². The molecule has 0 spiro atoms. The fourth-order valence-corrected chi connectivity index (χ4v) is 0.189. The molecule has 0 heterocycles. The summed E-state index contributed by atoms with van der Waals surface area (Å²) in [5.74, 6) is -0.818. The van der Waals surface area contributed by atoms with Crippen molar-refractivity contribution in [3.8, 4) is 0 Å². The Hall–Kier alpha value is 0.534. The molecule has 0 aliphatic heterocycles. The number of hydrogen-bond acceptors (Lipinski definition) is 2. The second-order valence-corrected chi connectivity index (χ2v) is 1.14. The van der Waals surface area contributed by atoms with E-state index in [1.54, 1.807) is 0 Å². The van der Waals surface area contributed by atoms with Crippen molar-refractivity contribution >= 4 is 5.97 Å². The Kier molecular flexibility index (Phi) is 10.7. The van der Waals surface area contributed by atoms with Crippen LogP contribution in [0.15, 0.2) is 0 Å². The molecule has 0 unspecified atom stereocenters. The molecule has 3 nitrogen and oxygen atoms in total.